The van der Waals surface area contributed by atoms with Crippen LogP contribution in [0, 0.1) is 0 Å². The number of rotatable bonds is 8. The summed E-state index contributed by atoms with van der Waals surface area (Å²) in [5.41, 5.74) is 2.34. The Labute approximate surface area is 165 Å². The van der Waals surface area contributed by atoms with Crippen LogP contribution in [0.4, 0.5) is 11.5 Å². The highest BCUT2D eigenvalue weighted by Crippen LogP contribution is 2.19. The summed E-state index contributed by atoms with van der Waals surface area (Å²) in [6.07, 6.45) is 3.92. The van der Waals surface area contributed by atoms with Gasteiger partial charge in [-0.3, -0.25) is 4.79 Å². The number of amides is 1. The second-order valence-corrected chi connectivity index (χ2v) is 6.59. The summed E-state index contributed by atoms with van der Waals surface area (Å²) in [6.45, 7) is 4.53. The third-order valence-corrected chi connectivity index (χ3v) is 3.93. The standard InChI is InChI=1S/C22H24N4O2/c1-16(2)28-19-10-8-18(9-11-19)26-21-15-24-20(14-25-21)22(27)23-13-12-17-6-4-3-5-7-17/h3-11,14-16H,12-13H2,1-2H3,(H,23,27)(H,25,26). The fourth-order valence-electron chi connectivity index (χ4n) is 2.60. The van der Waals surface area contributed by atoms with Crippen LogP contribution in [-0.2, 0) is 6.42 Å². The minimum absolute atomic E-state index is 0.135. The molecule has 0 saturated carbocycles. The van der Waals surface area contributed by atoms with Gasteiger partial charge < -0.3 is 15.4 Å². The summed E-state index contributed by atoms with van der Waals surface area (Å²) in [4.78, 5) is 20.6. The van der Waals surface area contributed by atoms with Gasteiger partial charge in [0.1, 0.15) is 17.3 Å². The summed E-state index contributed by atoms with van der Waals surface area (Å²) in [6, 6.07) is 17.6. The number of nitrogens with zero attached hydrogens (tertiary/aromatic N) is 2. The molecule has 0 radical (unpaired) electrons. The van der Waals surface area contributed by atoms with E-state index in [-0.39, 0.29) is 12.0 Å². The largest absolute Gasteiger partial charge is 0.491 e. The first-order valence-corrected chi connectivity index (χ1v) is 9.28. The monoisotopic (exact) mass is 376 g/mol. The van der Waals surface area contributed by atoms with E-state index in [0.29, 0.717) is 18.1 Å². The average molecular weight is 376 g/mol. The molecule has 3 rings (SSSR count). The number of carbonyl (C=O) groups is 1. The third kappa shape index (κ3) is 5.81. The van der Waals surface area contributed by atoms with Crippen LogP contribution in [0.5, 0.6) is 5.75 Å². The van der Waals surface area contributed by atoms with Crippen molar-refractivity contribution < 1.29 is 9.53 Å². The Bertz CT molecular complexity index is 879. The quantitative estimate of drug-likeness (QED) is 0.622. The van der Waals surface area contributed by atoms with Crippen molar-refractivity contribution in [3.63, 3.8) is 0 Å². The number of hydrogen-bond acceptors (Lipinski definition) is 5. The maximum absolute atomic E-state index is 12.2. The Morgan fingerprint density at radius 2 is 1.75 bits per heavy atom. The zero-order chi connectivity index (χ0) is 19.8. The van der Waals surface area contributed by atoms with E-state index in [0.717, 1.165) is 17.9 Å². The number of nitrogens with one attached hydrogen (secondary N) is 2. The fourth-order valence-corrected chi connectivity index (χ4v) is 2.60. The zero-order valence-electron chi connectivity index (χ0n) is 16.1. The lowest BCUT2D eigenvalue weighted by atomic mass is 10.1. The highest BCUT2D eigenvalue weighted by Gasteiger charge is 2.08. The SMILES string of the molecule is CC(C)Oc1ccc(Nc2cnc(C(=O)NCCc3ccccc3)cn2)cc1. The molecule has 0 saturated heterocycles. The van der Waals surface area contributed by atoms with Gasteiger partial charge in [0.25, 0.3) is 5.91 Å². The molecule has 6 heteroatoms. The third-order valence-electron chi connectivity index (χ3n) is 3.93. The van der Waals surface area contributed by atoms with E-state index >= 15 is 0 Å². The highest BCUT2D eigenvalue weighted by atomic mass is 16.5. The lowest BCUT2D eigenvalue weighted by Crippen LogP contribution is -2.26. The van der Waals surface area contributed by atoms with Crippen molar-refractivity contribution >= 4 is 17.4 Å². The van der Waals surface area contributed by atoms with Crippen LogP contribution in [0.2, 0.25) is 0 Å². The topological polar surface area (TPSA) is 76.1 Å². The molecule has 0 aliphatic heterocycles. The Kier molecular flexibility index (Phi) is 6.57. The molecule has 6 nitrogen and oxygen atoms in total. The molecular weight excluding hydrogens is 352 g/mol. The summed E-state index contributed by atoms with van der Waals surface area (Å²) in [7, 11) is 0. The molecule has 0 aliphatic rings. The summed E-state index contributed by atoms with van der Waals surface area (Å²) < 4.78 is 5.62. The average Bonchev–Trinajstić information content (AvgIpc) is 2.70. The Balaban J connectivity index is 1.50. The van der Waals surface area contributed by atoms with E-state index in [9.17, 15) is 4.79 Å². The Hall–Kier alpha value is -3.41. The molecule has 0 spiro atoms. The normalized spacial score (nSPS) is 10.5. The predicted octanol–water partition coefficient (Wildman–Crippen LogP) is 3.98. The van der Waals surface area contributed by atoms with Crippen molar-refractivity contribution in [1.29, 1.82) is 0 Å². The first kappa shape index (κ1) is 19.4. The smallest absolute Gasteiger partial charge is 0.271 e. The van der Waals surface area contributed by atoms with Gasteiger partial charge >= 0.3 is 0 Å². The molecule has 2 N–H and O–H groups in total. The van der Waals surface area contributed by atoms with Crippen molar-refractivity contribution in [3.05, 3.63) is 78.2 Å². The number of hydrogen-bond donors (Lipinski definition) is 2. The molecule has 0 unspecified atom stereocenters. The van der Waals surface area contributed by atoms with Crippen molar-refractivity contribution in [3.8, 4) is 5.75 Å². The molecule has 0 atom stereocenters. The van der Waals surface area contributed by atoms with Gasteiger partial charge in [0.05, 0.1) is 18.5 Å². The zero-order valence-corrected chi connectivity index (χ0v) is 16.1. The van der Waals surface area contributed by atoms with Gasteiger partial charge in [-0.1, -0.05) is 30.3 Å². The molecule has 3 aromatic rings. The van der Waals surface area contributed by atoms with E-state index in [4.69, 9.17) is 4.74 Å². The molecule has 28 heavy (non-hydrogen) atoms. The molecule has 0 fully saturated rings. The van der Waals surface area contributed by atoms with E-state index in [2.05, 4.69) is 20.6 Å². The van der Waals surface area contributed by atoms with Crippen LogP contribution >= 0.6 is 0 Å². The number of benzene rings is 2. The van der Waals surface area contributed by atoms with Gasteiger partial charge in [-0.2, -0.15) is 0 Å². The van der Waals surface area contributed by atoms with Crippen LogP contribution in [0.3, 0.4) is 0 Å². The van der Waals surface area contributed by atoms with Crippen LogP contribution in [0.25, 0.3) is 0 Å². The van der Waals surface area contributed by atoms with E-state index in [1.165, 1.54) is 11.8 Å². The second-order valence-electron chi connectivity index (χ2n) is 6.59. The minimum Gasteiger partial charge on any atom is -0.491 e. The van der Waals surface area contributed by atoms with Crippen LogP contribution in [0.15, 0.2) is 67.0 Å². The first-order valence-electron chi connectivity index (χ1n) is 9.28. The molecule has 144 valence electrons. The Morgan fingerprint density at radius 3 is 2.39 bits per heavy atom. The maximum Gasteiger partial charge on any atom is 0.271 e. The second kappa shape index (κ2) is 9.50. The van der Waals surface area contributed by atoms with Crippen molar-refractivity contribution in [2.45, 2.75) is 26.4 Å². The summed E-state index contributed by atoms with van der Waals surface area (Å²) in [5.74, 6) is 1.15. The van der Waals surface area contributed by atoms with Crippen LogP contribution in [0.1, 0.15) is 29.9 Å². The van der Waals surface area contributed by atoms with Crippen molar-refractivity contribution in [2.75, 3.05) is 11.9 Å². The molecule has 2 aromatic carbocycles. The molecule has 1 heterocycles. The lowest BCUT2D eigenvalue weighted by molar-refractivity contribution is 0.0949. The van der Waals surface area contributed by atoms with Gasteiger partial charge in [0, 0.05) is 12.2 Å². The van der Waals surface area contributed by atoms with E-state index in [1.807, 2.05) is 68.4 Å². The number of carbonyl (C=O) groups excluding carboxylic acids is 1. The molecule has 0 bridgehead atoms. The van der Waals surface area contributed by atoms with Crippen molar-refractivity contribution in [2.24, 2.45) is 0 Å². The summed E-state index contributed by atoms with van der Waals surface area (Å²) in [5, 5.41) is 6.02. The van der Waals surface area contributed by atoms with Gasteiger partial charge in [-0.15, -0.1) is 0 Å². The first-order chi connectivity index (χ1) is 13.6. The van der Waals surface area contributed by atoms with Gasteiger partial charge in [0.15, 0.2) is 0 Å². The molecule has 1 amide bonds. The van der Waals surface area contributed by atoms with Crippen molar-refractivity contribution in [1.82, 2.24) is 15.3 Å². The summed E-state index contributed by atoms with van der Waals surface area (Å²) >= 11 is 0. The maximum atomic E-state index is 12.2. The number of ether oxygens (including phenoxy) is 1. The van der Waals surface area contributed by atoms with Gasteiger partial charge in [-0.25, -0.2) is 9.97 Å². The van der Waals surface area contributed by atoms with E-state index in [1.54, 1.807) is 6.20 Å². The number of anilines is 2. The van der Waals surface area contributed by atoms with Gasteiger partial charge in [0.2, 0.25) is 0 Å². The van der Waals surface area contributed by atoms with Gasteiger partial charge in [-0.05, 0) is 50.1 Å². The highest BCUT2D eigenvalue weighted by molar-refractivity contribution is 5.92. The molecule has 0 aliphatic carbocycles. The fraction of sp³-hybridized carbons (Fsp3) is 0.227. The molecule has 1 aromatic heterocycles. The predicted molar refractivity (Wildman–Crippen MR) is 110 cm³/mol. The minimum atomic E-state index is -0.231. The number of aromatic nitrogens is 2. The molecular formula is C22H24N4O2. The van der Waals surface area contributed by atoms with Crippen LogP contribution < -0.4 is 15.4 Å². The van der Waals surface area contributed by atoms with E-state index < -0.39 is 0 Å². The Morgan fingerprint density at radius 1 is 1.00 bits per heavy atom. The van der Waals surface area contributed by atoms with Crippen LogP contribution in [-0.4, -0.2) is 28.5 Å². The lowest BCUT2D eigenvalue weighted by Gasteiger charge is -2.11.